The molecule has 2 amide bonds. The number of carbonyl (C=O) groups is 1. The molecule has 0 saturated carbocycles. The molecule has 4 nitrogen and oxygen atoms in total. The second kappa shape index (κ2) is 7.49. The van der Waals surface area contributed by atoms with Crippen LogP contribution in [0.2, 0.25) is 0 Å². The fourth-order valence-corrected chi connectivity index (χ4v) is 2.13. The van der Waals surface area contributed by atoms with Gasteiger partial charge in [-0.2, -0.15) is 0 Å². The van der Waals surface area contributed by atoms with Crippen LogP contribution in [0.5, 0.6) is 0 Å². The molecule has 4 heteroatoms. The Kier molecular flexibility index (Phi) is 6.23. The van der Waals surface area contributed by atoms with Crippen molar-refractivity contribution in [1.29, 1.82) is 0 Å². The van der Waals surface area contributed by atoms with Crippen molar-refractivity contribution in [2.24, 2.45) is 5.73 Å². The minimum Gasteiger partial charge on any atom is -0.330 e. The zero-order valence-corrected chi connectivity index (χ0v) is 10.5. The second-order valence-corrected chi connectivity index (χ2v) is 4.41. The highest BCUT2D eigenvalue weighted by Gasteiger charge is 2.19. The molecule has 0 aromatic heterocycles. The van der Waals surface area contributed by atoms with Crippen molar-refractivity contribution in [3.05, 3.63) is 0 Å². The highest BCUT2D eigenvalue weighted by Crippen LogP contribution is 2.11. The Hall–Kier alpha value is -0.770. The van der Waals surface area contributed by atoms with E-state index in [0.717, 1.165) is 45.4 Å². The summed E-state index contributed by atoms with van der Waals surface area (Å²) >= 11 is 0. The monoisotopic (exact) mass is 227 g/mol. The van der Waals surface area contributed by atoms with Crippen molar-refractivity contribution in [3.8, 4) is 0 Å². The van der Waals surface area contributed by atoms with Crippen molar-refractivity contribution in [1.82, 2.24) is 9.80 Å². The maximum Gasteiger partial charge on any atom is 0.319 e. The van der Waals surface area contributed by atoms with Crippen molar-refractivity contribution in [2.45, 2.75) is 39.0 Å². The minimum absolute atomic E-state index is 0.206. The predicted octanol–water partition coefficient (Wildman–Crippen LogP) is 1.65. The van der Waals surface area contributed by atoms with Crippen LogP contribution >= 0.6 is 0 Å². The fourth-order valence-electron chi connectivity index (χ4n) is 2.13. The zero-order valence-electron chi connectivity index (χ0n) is 10.5. The first-order chi connectivity index (χ1) is 7.79. The normalized spacial score (nSPS) is 17.0. The van der Waals surface area contributed by atoms with Crippen molar-refractivity contribution < 1.29 is 4.79 Å². The number of hydrogen-bond acceptors (Lipinski definition) is 2. The lowest BCUT2D eigenvalue weighted by atomic mass is 10.2. The van der Waals surface area contributed by atoms with Gasteiger partial charge in [0, 0.05) is 26.2 Å². The lowest BCUT2D eigenvalue weighted by Crippen LogP contribution is -2.44. The van der Waals surface area contributed by atoms with Gasteiger partial charge in [0.15, 0.2) is 0 Å². The van der Waals surface area contributed by atoms with E-state index in [0.29, 0.717) is 6.54 Å². The van der Waals surface area contributed by atoms with Crippen LogP contribution in [0.4, 0.5) is 4.79 Å². The average Bonchev–Trinajstić information content (AvgIpc) is 2.58. The second-order valence-electron chi connectivity index (χ2n) is 4.41. The molecule has 16 heavy (non-hydrogen) atoms. The van der Waals surface area contributed by atoms with Crippen LogP contribution in [0, 0.1) is 0 Å². The first kappa shape index (κ1) is 13.3. The first-order valence-corrected chi connectivity index (χ1v) is 6.53. The number of rotatable bonds is 4. The Morgan fingerprint density at radius 1 is 1.25 bits per heavy atom. The molecule has 94 valence electrons. The molecule has 1 aliphatic rings. The Morgan fingerprint density at radius 2 is 1.88 bits per heavy atom. The van der Waals surface area contributed by atoms with E-state index in [-0.39, 0.29) is 6.03 Å². The van der Waals surface area contributed by atoms with E-state index in [1.165, 1.54) is 12.8 Å². The summed E-state index contributed by atoms with van der Waals surface area (Å²) in [4.78, 5) is 16.1. The van der Waals surface area contributed by atoms with Gasteiger partial charge in [0.2, 0.25) is 0 Å². The number of carbonyl (C=O) groups excluding carboxylic acids is 1. The van der Waals surface area contributed by atoms with E-state index in [1.54, 1.807) is 0 Å². The van der Waals surface area contributed by atoms with Crippen LogP contribution in [0.3, 0.4) is 0 Å². The van der Waals surface area contributed by atoms with Crippen molar-refractivity contribution in [3.63, 3.8) is 0 Å². The summed E-state index contributed by atoms with van der Waals surface area (Å²) in [5.41, 5.74) is 5.48. The third-order valence-corrected chi connectivity index (χ3v) is 3.16. The standard InChI is InChI=1S/C12H25N3O/c1-2-14(11-7-8-13)12(16)15-9-5-3-4-6-10-15/h2-11,13H2,1H3. The lowest BCUT2D eigenvalue weighted by molar-refractivity contribution is 0.156. The van der Waals surface area contributed by atoms with Crippen molar-refractivity contribution >= 4 is 6.03 Å². The fraction of sp³-hybridized carbons (Fsp3) is 0.917. The molecule has 1 saturated heterocycles. The van der Waals surface area contributed by atoms with Gasteiger partial charge >= 0.3 is 6.03 Å². The maximum absolute atomic E-state index is 12.2. The Morgan fingerprint density at radius 3 is 2.38 bits per heavy atom. The Labute approximate surface area is 98.8 Å². The van der Waals surface area contributed by atoms with Crippen LogP contribution in [-0.2, 0) is 0 Å². The molecule has 0 aromatic rings. The third kappa shape index (κ3) is 4.00. The molecular formula is C12H25N3O. The van der Waals surface area contributed by atoms with E-state index < -0.39 is 0 Å². The third-order valence-electron chi connectivity index (χ3n) is 3.16. The Balaban J connectivity index is 2.44. The number of amides is 2. The van der Waals surface area contributed by atoms with Crippen LogP contribution in [0.15, 0.2) is 0 Å². The van der Waals surface area contributed by atoms with E-state index in [2.05, 4.69) is 0 Å². The molecule has 0 aliphatic carbocycles. The van der Waals surface area contributed by atoms with Crippen LogP contribution in [0.25, 0.3) is 0 Å². The summed E-state index contributed by atoms with van der Waals surface area (Å²) in [6, 6.07) is 0.206. The van der Waals surface area contributed by atoms with Crippen LogP contribution in [0.1, 0.15) is 39.0 Å². The van der Waals surface area contributed by atoms with Crippen molar-refractivity contribution in [2.75, 3.05) is 32.7 Å². The van der Waals surface area contributed by atoms with Crippen LogP contribution < -0.4 is 5.73 Å². The molecule has 0 aromatic carbocycles. The predicted molar refractivity (Wildman–Crippen MR) is 66.4 cm³/mol. The summed E-state index contributed by atoms with van der Waals surface area (Å²) in [7, 11) is 0. The number of nitrogens with zero attached hydrogens (tertiary/aromatic N) is 2. The minimum atomic E-state index is 0.206. The van der Waals surface area contributed by atoms with Gasteiger partial charge in [0.25, 0.3) is 0 Å². The molecule has 0 spiro atoms. The van der Waals surface area contributed by atoms with E-state index in [9.17, 15) is 4.79 Å². The molecule has 0 unspecified atom stereocenters. The molecule has 0 radical (unpaired) electrons. The highest BCUT2D eigenvalue weighted by atomic mass is 16.2. The molecule has 1 fully saturated rings. The molecule has 2 N–H and O–H groups in total. The highest BCUT2D eigenvalue weighted by molar-refractivity contribution is 5.74. The SMILES string of the molecule is CCN(CCCN)C(=O)N1CCCCCC1. The lowest BCUT2D eigenvalue weighted by Gasteiger charge is -2.29. The maximum atomic E-state index is 12.2. The number of hydrogen-bond donors (Lipinski definition) is 1. The quantitative estimate of drug-likeness (QED) is 0.794. The van der Waals surface area contributed by atoms with Gasteiger partial charge in [0.1, 0.15) is 0 Å². The first-order valence-electron chi connectivity index (χ1n) is 6.53. The van der Waals surface area contributed by atoms with Gasteiger partial charge in [-0.3, -0.25) is 0 Å². The summed E-state index contributed by atoms with van der Waals surface area (Å²) in [6.45, 7) is 6.13. The summed E-state index contributed by atoms with van der Waals surface area (Å²) in [5, 5.41) is 0. The van der Waals surface area contributed by atoms with Gasteiger partial charge in [-0.1, -0.05) is 12.8 Å². The van der Waals surface area contributed by atoms with Gasteiger partial charge in [0.05, 0.1) is 0 Å². The summed E-state index contributed by atoms with van der Waals surface area (Å²) < 4.78 is 0. The summed E-state index contributed by atoms with van der Waals surface area (Å²) in [6.07, 6.45) is 5.73. The van der Waals surface area contributed by atoms with Gasteiger partial charge in [-0.25, -0.2) is 4.79 Å². The molecule has 1 heterocycles. The van der Waals surface area contributed by atoms with Gasteiger partial charge in [-0.05, 0) is 32.7 Å². The number of nitrogens with two attached hydrogens (primary N) is 1. The van der Waals surface area contributed by atoms with Gasteiger partial charge < -0.3 is 15.5 Å². The zero-order chi connectivity index (χ0) is 11.8. The van der Waals surface area contributed by atoms with Crippen LogP contribution in [-0.4, -0.2) is 48.6 Å². The molecule has 1 rings (SSSR count). The topological polar surface area (TPSA) is 49.6 Å². The Bertz CT molecular complexity index is 200. The molecule has 1 aliphatic heterocycles. The number of urea groups is 1. The van der Waals surface area contributed by atoms with E-state index in [1.807, 2.05) is 16.7 Å². The molecule has 0 atom stereocenters. The largest absolute Gasteiger partial charge is 0.330 e. The molecular weight excluding hydrogens is 202 g/mol. The average molecular weight is 227 g/mol. The number of likely N-dealkylation sites (tertiary alicyclic amines) is 1. The van der Waals surface area contributed by atoms with E-state index >= 15 is 0 Å². The smallest absolute Gasteiger partial charge is 0.319 e. The van der Waals surface area contributed by atoms with Gasteiger partial charge in [-0.15, -0.1) is 0 Å². The molecule has 0 bridgehead atoms. The van der Waals surface area contributed by atoms with E-state index in [4.69, 9.17) is 5.73 Å². The summed E-state index contributed by atoms with van der Waals surface area (Å²) in [5.74, 6) is 0.